The van der Waals surface area contributed by atoms with Crippen LogP contribution in [0.25, 0.3) is 0 Å². The molecule has 0 aliphatic rings. The van der Waals surface area contributed by atoms with Gasteiger partial charge in [0.2, 0.25) is 0 Å². The molecule has 4 nitrogen and oxygen atoms in total. The van der Waals surface area contributed by atoms with Crippen molar-refractivity contribution in [2.75, 3.05) is 0 Å². The number of nitrogens with zero attached hydrogens (tertiary/aromatic N) is 2. The summed E-state index contributed by atoms with van der Waals surface area (Å²) >= 11 is 2.80. The number of rotatable bonds is 2. The Bertz CT molecular complexity index is 570. The zero-order valence-electron chi connectivity index (χ0n) is 7.29. The zero-order valence-corrected chi connectivity index (χ0v) is 10.4. The molecular formula is C7H2BrClF2N2O2S. The average molecular weight is 332 g/mol. The van der Waals surface area contributed by atoms with Crippen molar-refractivity contribution in [1.82, 2.24) is 4.98 Å². The molecule has 0 radical (unpaired) electrons. The first-order valence-electron chi connectivity index (χ1n) is 3.60. The van der Waals surface area contributed by atoms with E-state index in [0.717, 1.165) is 6.07 Å². The SMILES string of the molecule is N#Cc1nc(Br)cc(S(=O)(=O)Cl)c1C(F)F. The maximum Gasteiger partial charge on any atom is 0.267 e. The molecule has 9 heteroatoms. The smallest absolute Gasteiger partial charge is 0.230 e. The minimum atomic E-state index is -4.36. The second-order valence-electron chi connectivity index (χ2n) is 2.56. The van der Waals surface area contributed by atoms with Gasteiger partial charge in [-0.1, -0.05) is 0 Å². The van der Waals surface area contributed by atoms with E-state index >= 15 is 0 Å². The maximum absolute atomic E-state index is 12.6. The second-order valence-corrected chi connectivity index (χ2v) is 5.90. The summed E-state index contributed by atoms with van der Waals surface area (Å²) in [7, 11) is 0.627. The van der Waals surface area contributed by atoms with Gasteiger partial charge in [-0.2, -0.15) is 5.26 Å². The molecule has 86 valence electrons. The number of pyridine rings is 1. The lowest BCUT2D eigenvalue weighted by Crippen LogP contribution is -2.04. The fraction of sp³-hybridized carbons (Fsp3) is 0.143. The van der Waals surface area contributed by atoms with Crippen LogP contribution < -0.4 is 0 Å². The normalized spacial score (nSPS) is 11.5. The van der Waals surface area contributed by atoms with E-state index < -0.39 is 31.6 Å². The highest BCUT2D eigenvalue weighted by Gasteiger charge is 2.27. The monoisotopic (exact) mass is 330 g/mol. The predicted octanol–water partition coefficient (Wildman–Crippen LogP) is 2.58. The number of halogens is 4. The Balaban J connectivity index is 3.73. The van der Waals surface area contributed by atoms with Crippen molar-refractivity contribution in [3.05, 3.63) is 21.9 Å². The minimum absolute atomic E-state index is 0.0623. The van der Waals surface area contributed by atoms with Gasteiger partial charge in [-0.05, 0) is 22.0 Å². The lowest BCUT2D eigenvalue weighted by atomic mass is 10.2. The predicted molar refractivity (Wildman–Crippen MR) is 54.6 cm³/mol. The van der Waals surface area contributed by atoms with Gasteiger partial charge in [0.1, 0.15) is 10.7 Å². The van der Waals surface area contributed by atoms with E-state index in [1.807, 2.05) is 0 Å². The Morgan fingerprint density at radius 3 is 2.50 bits per heavy atom. The Kier molecular flexibility index (Phi) is 3.83. The van der Waals surface area contributed by atoms with Crippen LogP contribution in [0.15, 0.2) is 15.6 Å². The molecule has 1 heterocycles. The van der Waals surface area contributed by atoms with Crippen LogP contribution in [0.5, 0.6) is 0 Å². The maximum atomic E-state index is 12.6. The molecule has 0 aliphatic carbocycles. The Hall–Kier alpha value is -0.780. The first-order valence-corrected chi connectivity index (χ1v) is 6.71. The van der Waals surface area contributed by atoms with E-state index in [1.54, 1.807) is 0 Å². The Labute approximate surface area is 102 Å². The van der Waals surface area contributed by atoms with E-state index in [4.69, 9.17) is 15.9 Å². The standard InChI is InChI=1S/C7H2BrClF2N2O2S/c8-5-1-4(16(9,14)15)6(7(10)11)3(2-12)13-5/h1,7H. The summed E-state index contributed by atoms with van der Waals surface area (Å²) in [6, 6.07) is 2.21. The van der Waals surface area contributed by atoms with E-state index in [9.17, 15) is 17.2 Å². The van der Waals surface area contributed by atoms with Gasteiger partial charge in [-0.15, -0.1) is 0 Å². The summed E-state index contributed by atoms with van der Waals surface area (Å²) in [5, 5.41) is 8.58. The summed E-state index contributed by atoms with van der Waals surface area (Å²) < 4.78 is 47.3. The third-order valence-electron chi connectivity index (χ3n) is 1.58. The van der Waals surface area contributed by atoms with Gasteiger partial charge in [0.15, 0.2) is 5.69 Å². The van der Waals surface area contributed by atoms with Crippen LogP contribution >= 0.6 is 26.6 Å². The molecule has 0 aromatic carbocycles. The highest BCUT2D eigenvalue weighted by atomic mass is 79.9. The summed E-state index contributed by atoms with van der Waals surface area (Å²) in [6.45, 7) is 0. The second kappa shape index (κ2) is 4.61. The van der Waals surface area contributed by atoms with Crippen molar-refractivity contribution in [3.63, 3.8) is 0 Å². The molecule has 1 rings (SSSR count). The minimum Gasteiger partial charge on any atom is -0.230 e. The van der Waals surface area contributed by atoms with Gasteiger partial charge in [0.25, 0.3) is 15.5 Å². The third kappa shape index (κ3) is 2.66. The number of aromatic nitrogens is 1. The summed E-state index contributed by atoms with van der Waals surface area (Å²) in [4.78, 5) is 2.62. The topological polar surface area (TPSA) is 70.8 Å². The fourth-order valence-electron chi connectivity index (χ4n) is 1.000. The first kappa shape index (κ1) is 13.3. The van der Waals surface area contributed by atoms with Crippen LogP contribution in [0.2, 0.25) is 0 Å². The summed E-state index contributed by atoms with van der Waals surface area (Å²) in [5.41, 5.74) is -1.66. The van der Waals surface area contributed by atoms with Crippen LogP contribution in [0.1, 0.15) is 17.7 Å². The number of hydrogen-bond acceptors (Lipinski definition) is 4. The highest BCUT2D eigenvalue weighted by molar-refractivity contribution is 9.10. The first-order chi connectivity index (χ1) is 7.27. The van der Waals surface area contributed by atoms with Crippen molar-refractivity contribution in [3.8, 4) is 6.07 Å². The molecule has 0 spiro atoms. The molecule has 0 saturated heterocycles. The number of hydrogen-bond donors (Lipinski definition) is 0. The molecule has 1 aromatic heterocycles. The number of nitriles is 1. The molecule has 1 aromatic rings. The van der Waals surface area contributed by atoms with Crippen LogP contribution in [-0.4, -0.2) is 13.4 Å². The van der Waals surface area contributed by atoms with Gasteiger partial charge in [-0.25, -0.2) is 22.2 Å². The molecule has 0 saturated carbocycles. The average Bonchev–Trinajstić information content (AvgIpc) is 2.14. The van der Waals surface area contributed by atoms with E-state index in [0.29, 0.717) is 0 Å². The van der Waals surface area contributed by atoms with Gasteiger partial charge in [-0.3, -0.25) is 0 Å². The summed E-state index contributed by atoms with van der Waals surface area (Å²) in [6.07, 6.45) is -3.15. The lowest BCUT2D eigenvalue weighted by molar-refractivity contribution is 0.147. The highest BCUT2D eigenvalue weighted by Crippen LogP contribution is 2.32. The Morgan fingerprint density at radius 2 is 2.12 bits per heavy atom. The van der Waals surface area contributed by atoms with Crippen molar-refractivity contribution in [1.29, 1.82) is 5.26 Å². The van der Waals surface area contributed by atoms with Gasteiger partial charge >= 0.3 is 0 Å². The zero-order chi connectivity index (χ0) is 12.5. The van der Waals surface area contributed by atoms with E-state index in [1.165, 1.54) is 6.07 Å². The molecule has 0 atom stereocenters. The van der Waals surface area contributed by atoms with Crippen LogP contribution in [0, 0.1) is 11.3 Å². The largest absolute Gasteiger partial charge is 0.267 e. The molecule has 0 aliphatic heterocycles. The van der Waals surface area contributed by atoms with E-state index in [2.05, 4.69) is 20.9 Å². The molecule has 0 bridgehead atoms. The fourth-order valence-corrected chi connectivity index (χ4v) is 2.64. The molecule has 0 unspecified atom stereocenters. The molecule has 0 fully saturated rings. The Morgan fingerprint density at radius 1 is 1.56 bits per heavy atom. The molecular weight excluding hydrogens is 330 g/mol. The summed E-state index contributed by atoms with van der Waals surface area (Å²) in [5.74, 6) is 0. The van der Waals surface area contributed by atoms with Crippen molar-refractivity contribution in [2.24, 2.45) is 0 Å². The van der Waals surface area contributed by atoms with Gasteiger partial charge < -0.3 is 0 Å². The van der Waals surface area contributed by atoms with Crippen LogP contribution in [-0.2, 0) is 9.05 Å². The van der Waals surface area contributed by atoms with Crippen LogP contribution in [0.3, 0.4) is 0 Å². The molecule has 16 heavy (non-hydrogen) atoms. The molecule has 0 N–H and O–H groups in total. The third-order valence-corrected chi connectivity index (χ3v) is 3.34. The van der Waals surface area contributed by atoms with E-state index in [-0.39, 0.29) is 4.60 Å². The van der Waals surface area contributed by atoms with Crippen molar-refractivity contribution in [2.45, 2.75) is 11.3 Å². The molecule has 0 amide bonds. The van der Waals surface area contributed by atoms with Gasteiger partial charge in [0, 0.05) is 10.7 Å². The van der Waals surface area contributed by atoms with Crippen molar-refractivity contribution < 1.29 is 17.2 Å². The lowest BCUT2D eigenvalue weighted by Gasteiger charge is -2.07. The quantitative estimate of drug-likeness (QED) is 0.617. The van der Waals surface area contributed by atoms with Crippen molar-refractivity contribution >= 4 is 35.7 Å². The number of alkyl halides is 2. The van der Waals surface area contributed by atoms with Gasteiger partial charge in [0.05, 0.1) is 10.5 Å². The van der Waals surface area contributed by atoms with Crippen LogP contribution in [0.4, 0.5) is 8.78 Å².